The third kappa shape index (κ3) is 16.4. The largest absolute Gasteiger partial charge is 1.00 e. The van der Waals surface area contributed by atoms with E-state index in [1.165, 1.54) is 36.4 Å². The normalized spacial score (nSPS) is 11.9. The molecule has 0 aromatic heterocycles. The van der Waals surface area contributed by atoms with Gasteiger partial charge in [0.2, 0.25) is 0 Å². The summed E-state index contributed by atoms with van der Waals surface area (Å²) < 4.78 is 103. The van der Waals surface area contributed by atoms with Crippen molar-refractivity contribution in [3.05, 3.63) is 54.6 Å². The van der Waals surface area contributed by atoms with Gasteiger partial charge < -0.3 is 26.1 Å². The summed E-state index contributed by atoms with van der Waals surface area (Å²) in [5.74, 6) is -1.10. The number of anilines is 2. The number of nitrogens with zero attached hydrogens (tertiary/aromatic N) is 4. The van der Waals surface area contributed by atoms with Crippen LogP contribution in [0.25, 0.3) is 0 Å². The summed E-state index contributed by atoms with van der Waals surface area (Å²) in [6.07, 6.45) is 0. The number of benzene rings is 3. The van der Waals surface area contributed by atoms with E-state index in [9.17, 15) is 40.3 Å². The van der Waals surface area contributed by atoms with Gasteiger partial charge in [-0.1, -0.05) is 0 Å². The molecule has 3 aromatic rings. The van der Waals surface area contributed by atoms with Crippen LogP contribution in [-0.4, -0.2) is 61.6 Å². The fourth-order valence-corrected chi connectivity index (χ4v) is 7.08. The molecule has 21 nitrogen and oxygen atoms in total. The minimum atomic E-state index is -5.26. The Bertz CT molecular complexity index is 1980. The summed E-state index contributed by atoms with van der Waals surface area (Å²) in [7, 11) is -11.6. The van der Waals surface area contributed by atoms with Crippen molar-refractivity contribution in [1.29, 1.82) is 0 Å². The van der Waals surface area contributed by atoms with Gasteiger partial charge in [-0.25, -0.2) is 25.3 Å². The van der Waals surface area contributed by atoms with E-state index >= 15 is 0 Å². The molecule has 3 rings (SSSR count). The molecule has 0 unspecified atom stereocenters. The summed E-state index contributed by atoms with van der Waals surface area (Å²) in [5, 5.41) is 44.4. The van der Waals surface area contributed by atoms with Crippen LogP contribution in [-0.2, 0) is 56.9 Å². The molecule has 0 atom stereocenters. The summed E-state index contributed by atoms with van der Waals surface area (Å²) in [4.78, 5) is -1.56. The molecule has 0 saturated carbocycles. The molecule has 0 bridgehead atoms. The van der Waals surface area contributed by atoms with Crippen molar-refractivity contribution in [3.63, 3.8) is 0 Å². The Labute approximate surface area is 372 Å². The minimum absolute atomic E-state index is 0. The average molecular weight is 853 g/mol. The van der Waals surface area contributed by atoms with Gasteiger partial charge in [0.15, 0.2) is 44.3 Å². The Hall–Kier alpha value is -0.350. The first-order valence-electron chi connectivity index (χ1n) is 12.8. The summed E-state index contributed by atoms with van der Waals surface area (Å²) in [6, 6.07) is 10.7. The van der Waals surface area contributed by atoms with E-state index in [0.29, 0.717) is 11.8 Å². The number of hydrogen-bond donors (Lipinski definition) is 2. The fourth-order valence-electron chi connectivity index (χ4n) is 3.53. The molecule has 0 aliphatic heterocycles. The number of rotatable bonds is 20. The van der Waals surface area contributed by atoms with Gasteiger partial charge >= 0.3 is 88.7 Å². The van der Waals surface area contributed by atoms with Gasteiger partial charge in [-0.3, -0.25) is 18.4 Å². The number of azo groups is 2. The Morgan fingerprint density at radius 3 is 1.71 bits per heavy atom. The summed E-state index contributed by atoms with van der Waals surface area (Å²) in [6.45, 7) is -0.780. The van der Waals surface area contributed by atoms with Gasteiger partial charge in [0.05, 0.1) is 56.5 Å². The zero-order valence-corrected chi connectivity index (χ0v) is 37.6. The third-order valence-electron chi connectivity index (χ3n) is 5.79. The van der Waals surface area contributed by atoms with Crippen LogP contribution < -0.4 is 110 Å². The molecule has 0 fully saturated rings. The summed E-state index contributed by atoms with van der Waals surface area (Å²) >= 11 is 0.263. The van der Waals surface area contributed by atoms with E-state index in [1.54, 1.807) is 7.05 Å². The molecule has 29 heteroatoms. The molecule has 0 saturated heterocycles. The second-order valence-electron chi connectivity index (χ2n) is 8.85. The topological polar surface area (TPSA) is 314 Å². The Morgan fingerprint density at radius 1 is 0.692 bits per heavy atom. The van der Waals surface area contributed by atoms with E-state index in [1.807, 2.05) is 0 Å². The molecular formula is C23H23N6Na3O15S5. The van der Waals surface area contributed by atoms with Crippen LogP contribution in [0.5, 0.6) is 0 Å². The molecule has 0 radical (unpaired) electrons. The maximum Gasteiger partial charge on any atom is 1.00 e. The van der Waals surface area contributed by atoms with Crippen LogP contribution in [0.4, 0.5) is 34.1 Å². The third-order valence-corrected chi connectivity index (χ3v) is 10.8. The van der Waals surface area contributed by atoms with Crippen LogP contribution in [0.2, 0.25) is 0 Å². The number of nitrogen functional groups attached to an aromatic ring is 1. The van der Waals surface area contributed by atoms with Crippen molar-refractivity contribution in [2.75, 3.05) is 42.8 Å². The predicted octanol–water partition coefficient (Wildman–Crippen LogP) is -6.79. The zero-order chi connectivity index (χ0) is 36.1. The van der Waals surface area contributed by atoms with Crippen molar-refractivity contribution >= 4 is 88.6 Å². The van der Waals surface area contributed by atoms with Crippen LogP contribution in [0.3, 0.4) is 0 Å². The van der Waals surface area contributed by atoms with E-state index in [4.69, 9.17) is 9.92 Å². The SMILES string of the molecule is CNc1cc(N)c(N=Nc2ccc(S(=O)(=O)CCOSOO[O-])cc2S(=O)(=O)[O-])cc1N=Nc1ccc(S(=O)(=O)CCOSOO[O-])cc1.[Na+].[Na+].[Na+]. The molecule has 0 amide bonds. The summed E-state index contributed by atoms with van der Waals surface area (Å²) in [5.41, 5.74) is 6.40. The second-order valence-corrected chi connectivity index (χ2v) is 15.4. The smallest absolute Gasteiger partial charge is 0.744 e. The van der Waals surface area contributed by atoms with Crippen LogP contribution in [0, 0.1) is 0 Å². The van der Waals surface area contributed by atoms with E-state index in [0.717, 1.165) is 12.1 Å². The number of sulfone groups is 2. The first kappa shape index (κ1) is 51.6. The van der Waals surface area contributed by atoms with Crippen molar-refractivity contribution < 1.29 is 156 Å². The van der Waals surface area contributed by atoms with Gasteiger partial charge in [0.25, 0.3) is 0 Å². The number of nitrogens with two attached hydrogens (primary N) is 1. The molecule has 0 aliphatic carbocycles. The molecule has 0 aliphatic rings. The molecule has 0 spiro atoms. The maximum atomic E-state index is 12.6. The van der Waals surface area contributed by atoms with Crippen molar-refractivity contribution in [2.24, 2.45) is 20.5 Å². The zero-order valence-electron chi connectivity index (χ0n) is 27.6. The molecule has 0 heterocycles. The van der Waals surface area contributed by atoms with Crippen LogP contribution >= 0.6 is 24.6 Å². The Kier molecular flexibility index (Phi) is 24.8. The number of nitrogens with one attached hydrogen (secondary N) is 1. The van der Waals surface area contributed by atoms with Gasteiger partial charge in [-0.05, 0) is 54.6 Å². The standard InChI is InChI=1S/C23H26N6O15S5.3Na/c1-25-21-13-18(24)20(14-22(21)29-26-15-2-4-16(5-3-15)47(32,33)10-8-39-45-43-41-30)28-27-19-7-6-17(12-23(19)49(36,37)38)48(34,35)11-9-40-46-44-42-31;;;/h2-7,12-14,25,30-31H,8-11,24H2,1H3,(H,36,37,38);;;/q;3*+1/p-3. The maximum absolute atomic E-state index is 12.6. The van der Waals surface area contributed by atoms with E-state index < -0.39 is 63.4 Å². The van der Waals surface area contributed by atoms with Crippen LogP contribution in [0.15, 0.2) is 89.7 Å². The van der Waals surface area contributed by atoms with Crippen molar-refractivity contribution in [2.45, 2.75) is 14.7 Å². The minimum Gasteiger partial charge on any atom is -0.744 e. The predicted molar refractivity (Wildman–Crippen MR) is 165 cm³/mol. The fraction of sp³-hybridized carbons (Fsp3) is 0.217. The quantitative estimate of drug-likeness (QED) is 0.0156. The monoisotopic (exact) mass is 852 g/mol. The van der Waals surface area contributed by atoms with Gasteiger partial charge in [0, 0.05) is 7.05 Å². The molecule has 3 aromatic carbocycles. The first-order valence-corrected chi connectivity index (χ1v) is 18.9. The van der Waals surface area contributed by atoms with Crippen molar-refractivity contribution in [1.82, 2.24) is 0 Å². The molecular weight excluding hydrogens is 830 g/mol. The second kappa shape index (κ2) is 25.0. The van der Waals surface area contributed by atoms with Gasteiger partial charge in [-0.15, -0.1) is 24.0 Å². The first-order chi connectivity index (χ1) is 23.2. The van der Waals surface area contributed by atoms with E-state index in [-0.39, 0.29) is 148 Å². The Morgan fingerprint density at radius 2 is 1.19 bits per heavy atom. The van der Waals surface area contributed by atoms with Crippen LogP contribution in [0.1, 0.15) is 0 Å². The van der Waals surface area contributed by atoms with E-state index in [2.05, 4.69) is 48.7 Å². The number of hydrogen-bond acceptors (Lipinski definition) is 23. The van der Waals surface area contributed by atoms with Gasteiger partial charge in [0.1, 0.15) is 27.2 Å². The van der Waals surface area contributed by atoms with Gasteiger partial charge in [-0.2, -0.15) is 5.11 Å². The molecule has 268 valence electrons. The molecule has 52 heavy (non-hydrogen) atoms. The average Bonchev–Trinajstić information content (AvgIpc) is 3.06. The molecule has 3 N–H and O–H groups in total. The Balaban J connectivity index is 0.00000867. The van der Waals surface area contributed by atoms with Crippen molar-refractivity contribution in [3.8, 4) is 0 Å².